The van der Waals surface area contributed by atoms with Gasteiger partial charge in [-0.25, -0.2) is 15.0 Å². The second-order valence-corrected chi connectivity index (χ2v) is 11.3. The Kier molecular flexibility index (Phi) is 7.11. The summed E-state index contributed by atoms with van der Waals surface area (Å²) in [6.45, 7) is 10.3. The van der Waals surface area contributed by atoms with Crippen LogP contribution in [-0.4, -0.2) is 51.4 Å². The van der Waals surface area contributed by atoms with Gasteiger partial charge in [-0.15, -0.1) is 0 Å². The Morgan fingerprint density at radius 1 is 0.951 bits per heavy atom. The number of nitrogens with one attached hydrogen (secondary N) is 3. The zero-order valence-electron chi connectivity index (χ0n) is 23.6. The van der Waals surface area contributed by atoms with Crippen LogP contribution in [0.2, 0.25) is 0 Å². The molecule has 5 aromatic rings. The van der Waals surface area contributed by atoms with E-state index in [0.717, 1.165) is 48.9 Å². The van der Waals surface area contributed by atoms with Gasteiger partial charge >= 0.3 is 0 Å². The van der Waals surface area contributed by atoms with E-state index in [2.05, 4.69) is 51.6 Å². The second kappa shape index (κ2) is 11.0. The maximum atomic E-state index is 13.0. The molecule has 1 amide bonds. The van der Waals surface area contributed by atoms with E-state index in [0.29, 0.717) is 22.7 Å². The van der Waals surface area contributed by atoms with Crippen molar-refractivity contribution in [1.82, 2.24) is 24.7 Å². The quantitative estimate of drug-likeness (QED) is 0.259. The van der Waals surface area contributed by atoms with E-state index >= 15 is 0 Å². The lowest BCUT2D eigenvalue weighted by Crippen LogP contribution is -2.43. The van der Waals surface area contributed by atoms with Crippen LogP contribution in [0.1, 0.15) is 36.7 Å². The van der Waals surface area contributed by atoms with Crippen molar-refractivity contribution >= 4 is 34.6 Å². The predicted molar refractivity (Wildman–Crippen MR) is 164 cm³/mol. The standard InChI is InChI=1S/C32H34N8O/c1-32(2,3)24-9-7-22(8-10-24)31(41)37-25-6-4-5-23(19-25)27-21-40-18-15-34-30(40)29(38-27)36-26-11-12-28(35-20-26)39-16-13-33-14-17-39/h4-12,15,18-21,33H,13-14,16-17H2,1-3H3,(H,36,38)(H,37,41). The molecule has 0 radical (unpaired) electrons. The molecular weight excluding hydrogens is 512 g/mol. The Hall–Kier alpha value is -4.76. The van der Waals surface area contributed by atoms with Crippen LogP contribution in [0, 0.1) is 0 Å². The summed E-state index contributed by atoms with van der Waals surface area (Å²) in [4.78, 5) is 29.3. The fourth-order valence-corrected chi connectivity index (χ4v) is 4.91. The van der Waals surface area contributed by atoms with Crippen LogP contribution in [0.5, 0.6) is 0 Å². The molecule has 3 N–H and O–H groups in total. The average molecular weight is 547 g/mol. The molecule has 9 heteroatoms. The van der Waals surface area contributed by atoms with Crippen molar-refractivity contribution in [3.8, 4) is 11.3 Å². The molecule has 208 valence electrons. The summed E-state index contributed by atoms with van der Waals surface area (Å²) < 4.78 is 1.94. The van der Waals surface area contributed by atoms with Crippen molar-refractivity contribution in [1.29, 1.82) is 0 Å². The van der Waals surface area contributed by atoms with Gasteiger partial charge in [-0.2, -0.15) is 0 Å². The number of nitrogens with zero attached hydrogens (tertiary/aromatic N) is 5. The number of fused-ring (bicyclic) bond motifs is 1. The summed E-state index contributed by atoms with van der Waals surface area (Å²) in [5.41, 5.74) is 5.69. The highest BCUT2D eigenvalue weighted by Crippen LogP contribution is 2.27. The molecule has 9 nitrogen and oxygen atoms in total. The number of carbonyl (C=O) groups excluding carboxylic acids is 1. The minimum absolute atomic E-state index is 0.0331. The van der Waals surface area contributed by atoms with E-state index in [9.17, 15) is 4.79 Å². The van der Waals surface area contributed by atoms with Gasteiger partial charge in [0.15, 0.2) is 11.5 Å². The predicted octanol–water partition coefficient (Wildman–Crippen LogP) is 5.49. The largest absolute Gasteiger partial charge is 0.354 e. The Bertz CT molecular complexity index is 1660. The lowest BCUT2D eigenvalue weighted by Gasteiger charge is -2.28. The molecule has 1 saturated heterocycles. The van der Waals surface area contributed by atoms with Crippen molar-refractivity contribution in [2.75, 3.05) is 41.7 Å². The van der Waals surface area contributed by atoms with Crippen LogP contribution in [0.3, 0.4) is 0 Å². The minimum atomic E-state index is -0.153. The Morgan fingerprint density at radius 3 is 2.49 bits per heavy atom. The maximum absolute atomic E-state index is 13.0. The normalized spacial score (nSPS) is 13.8. The number of rotatable bonds is 6. The van der Waals surface area contributed by atoms with Crippen LogP contribution in [0.15, 0.2) is 85.5 Å². The summed E-state index contributed by atoms with van der Waals surface area (Å²) in [6.07, 6.45) is 7.41. The first kappa shape index (κ1) is 26.5. The Morgan fingerprint density at radius 2 is 1.76 bits per heavy atom. The van der Waals surface area contributed by atoms with Gasteiger partial charge in [-0.3, -0.25) is 4.79 Å². The van der Waals surface area contributed by atoms with Crippen molar-refractivity contribution in [3.63, 3.8) is 0 Å². The van der Waals surface area contributed by atoms with Crippen molar-refractivity contribution in [2.45, 2.75) is 26.2 Å². The minimum Gasteiger partial charge on any atom is -0.354 e. The summed E-state index contributed by atoms with van der Waals surface area (Å²) in [6, 6.07) is 19.5. The number of amides is 1. The third-order valence-electron chi connectivity index (χ3n) is 7.26. The van der Waals surface area contributed by atoms with E-state index < -0.39 is 0 Å². The van der Waals surface area contributed by atoms with Gasteiger partial charge in [0.25, 0.3) is 5.91 Å². The van der Waals surface area contributed by atoms with Crippen LogP contribution >= 0.6 is 0 Å². The van der Waals surface area contributed by atoms with Gasteiger partial charge in [0.05, 0.1) is 17.6 Å². The number of imidazole rings is 1. The molecule has 1 aliphatic rings. The molecule has 0 aliphatic carbocycles. The number of pyridine rings is 1. The van der Waals surface area contributed by atoms with E-state index in [4.69, 9.17) is 4.98 Å². The number of piperazine rings is 1. The van der Waals surface area contributed by atoms with E-state index in [1.54, 1.807) is 6.20 Å². The van der Waals surface area contributed by atoms with E-state index in [1.165, 1.54) is 5.56 Å². The maximum Gasteiger partial charge on any atom is 0.255 e. The summed E-state index contributed by atoms with van der Waals surface area (Å²) in [5, 5.41) is 9.79. The van der Waals surface area contributed by atoms with Gasteiger partial charge < -0.3 is 25.3 Å². The van der Waals surface area contributed by atoms with Gasteiger partial charge in [0.2, 0.25) is 0 Å². The van der Waals surface area contributed by atoms with Crippen LogP contribution in [0.25, 0.3) is 16.9 Å². The van der Waals surface area contributed by atoms with Crippen molar-refractivity contribution < 1.29 is 4.79 Å². The molecule has 0 saturated carbocycles. The highest BCUT2D eigenvalue weighted by atomic mass is 16.1. The fraction of sp³-hybridized carbons (Fsp3) is 0.250. The summed E-state index contributed by atoms with van der Waals surface area (Å²) in [7, 11) is 0. The zero-order chi connectivity index (χ0) is 28.4. The molecule has 1 fully saturated rings. The molecule has 1 aliphatic heterocycles. The molecule has 0 unspecified atom stereocenters. The fourth-order valence-electron chi connectivity index (χ4n) is 4.91. The molecule has 41 heavy (non-hydrogen) atoms. The highest BCUT2D eigenvalue weighted by molar-refractivity contribution is 6.04. The highest BCUT2D eigenvalue weighted by Gasteiger charge is 2.16. The smallest absolute Gasteiger partial charge is 0.255 e. The van der Waals surface area contributed by atoms with E-state index in [-0.39, 0.29) is 11.3 Å². The molecule has 3 aromatic heterocycles. The number of hydrogen-bond acceptors (Lipinski definition) is 7. The van der Waals surface area contributed by atoms with Crippen molar-refractivity contribution in [2.24, 2.45) is 0 Å². The molecule has 0 atom stereocenters. The van der Waals surface area contributed by atoms with Gasteiger partial charge in [-0.1, -0.05) is 45.0 Å². The zero-order valence-corrected chi connectivity index (χ0v) is 23.6. The van der Waals surface area contributed by atoms with Crippen LogP contribution in [0.4, 0.5) is 23.0 Å². The molecule has 4 heterocycles. The lowest BCUT2D eigenvalue weighted by atomic mass is 9.87. The van der Waals surface area contributed by atoms with Crippen molar-refractivity contribution in [3.05, 3.63) is 96.6 Å². The number of benzene rings is 2. The molecule has 0 bridgehead atoms. The first-order valence-corrected chi connectivity index (χ1v) is 13.9. The number of anilines is 4. The molecule has 2 aromatic carbocycles. The topological polar surface area (TPSA) is 99.5 Å². The summed E-state index contributed by atoms with van der Waals surface area (Å²) in [5.74, 6) is 1.44. The van der Waals surface area contributed by atoms with Crippen LogP contribution < -0.4 is 20.9 Å². The average Bonchev–Trinajstić information content (AvgIpc) is 3.47. The number of hydrogen-bond donors (Lipinski definition) is 3. The van der Waals surface area contributed by atoms with Gasteiger partial charge in [-0.05, 0) is 47.4 Å². The van der Waals surface area contributed by atoms with Crippen LogP contribution in [-0.2, 0) is 5.41 Å². The monoisotopic (exact) mass is 546 g/mol. The number of carbonyl (C=O) groups is 1. The number of aromatic nitrogens is 4. The third kappa shape index (κ3) is 5.90. The first-order chi connectivity index (χ1) is 19.8. The third-order valence-corrected chi connectivity index (χ3v) is 7.26. The lowest BCUT2D eigenvalue weighted by molar-refractivity contribution is 0.102. The molecule has 6 rings (SSSR count). The first-order valence-electron chi connectivity index (χ1n) is 13.9. The molecular formula is C32H34N8O. The second-order valence-electron chi connectivity index (χ2n) is 11.3. The Labute approximate surface area is 239 Å². The summed E-state index contributed by atoms with van der Waals surface area (Å²) >= 11 is 0. The van der Waals surface area contributed by atoms with Gasteiger partial charge in [0.1, 0.15) is 5.82 Å². The van der Waals surface area contributed by atoms with Gasteiger partial charge in [0, 0.05) is 61.6 Å². The SMILES string of the molecule is CC(C)(C)c1ccc(C(=O)Nc2cccc(-c3cn4ccnc4c(Nc4ccc(N5CCNCC5)nc4)n3)c2)cc1. The molecule has 0 spiro atoms. The Balaban J connectivity index is 1.22. The van der Waals surface area contributed by atoms with E-state index in [1.807, 2.05) is 83.7 Å².